The van der Waals surface area contributed by atoms with Gasteiger partial charge in [-0.3, -0.25) is 4.79 Å². The van der Waals surface area contributed by atoms with Crippen LogP contribution in [0.5, 0.6) is 0 Å². The Kier molecular flexibility index (Phi) is 5.51. The summed E-state index contributed by atoms with van der Waals surface area (Å²) in [6.45, 7) is 3.38. The third-order valence-electron chi connectivity index (χ3n) is 2.80. The van der Waals surface area contributed by atoms with Gasteiger partial charge < -0.3 is 15.2 Å². The summed E-state index contributed by atoms with van der Waals surface area (Å²) in [5, 5.41) is 11.9. The monoisotopic (exact) mass is 265 g/mol. The van der Waals surface area contributed by atoms with Gasteiger partial charge in [0.05, 0.1) is 18.8 Å². The molecule has 0 heterocycles. The lowest BCUT2D eigenvalue weighted by atomic mass is 10.1. The van der Waals surface area contributed by atoms with E-state index in [4.69, 9.17) is 5.11 Å². The third-order valence-corrected chi connectivity index (χ3v) is 2.80. The van der Waals surface area contributed by atoms with Crippen molar-refractivity contribution in [1.29, 1.82) is 0 Å². The predicted molar refractivity (Wildman–Crippen MR) is 72.1 cm³/mol. The number of benzene rings is 1. The smallest absolute Gasteiger partial charge is 0.338 e. The number of nitrogens with one attached hydrogen (secondary N) is 1. The summed E-state index contributed by atoms with van der Waals surface area (Å²) >= 11 is 0. The molecular weight excluding hydrogens is 246 g/mol. The van der Waals surface area contributed by atoms with E-state index in [9.17, 15) is 9.59 Å². The van der Waals surface area contributed by atoms with Crippen molar-refractivity contribution in [2.24, 2.45) is 0 Å². The summed E-state index contributed by atoms with van der Waals surface area (Å²) < 4.78 is 4.67. The molecule has 0 spiro atoms. The largest absolute Gasteiger partial charge is 0.465 e. The van der Waals surface area contributed by atoms with Crippen molar-refractivity contribution >= 4 is 17.6 Å². The van der Waals surface area contributed by atoms with E-state index in [1.165, 1.54) is 7.11 Å². The van der Waals surface area contributed by atoms with E-state index in [0.717, 1.165) is 0 Å². The highest BCUT2D eigenvalue weighted by molar-refractivity contribution is 5.96. The molecule has 0 saturated heterocycles. The lowest BCUT2D eigenvalue weighted by Crippen LogP contribution is -2.15. The van der Waals surface area contributed by atoms with Crippen LogP contribution in [0.15, 0.2) is 18.2 Å². The van der Waals surface area contributed by atoms with Crippen molar-refractivity contribution in [3.05, 3.63) is 29.3 Å². The number of hydrogen-bond donors (Lipinski definition) is 2. The van der Waals surface area contributed by atoms with Crippen LogP contribution in [0.25, 0.3) is 0 Å². The van der Waals surface area contributed by atoms with Gasteiger partial charge in [-0.1, -0.05) is 6.07 Å². The third kappa shape index (κ3) is 4.37. The van der Waals surface area contributed by atoms with E-state index in [2.05, 4.69) is 10.1 Å². The highest BCUT2D eigenvalue weighted by atomic mass is 16.5. The van der Waals surface area contributed by atoms with Gasteiger partial charge in [-0.2, -0.15) is 0 Å². The quantitative estimate of drug-likeness (QED) is 0.797. The molecule has 104 valence electrons. The first-order chi connectivity index (χ1) is 8.95. The summed E-state index contributed by atoms with van der Waals surface area (Å²) in [5.41, 5.74) is 1.68. The van der Waals surface area contributed by atoms with Gasteiger partial charge in [0.15, 0.2) is 0 Å². The van der Waals surface area contributed by atoms with Crippen molar-refractivity contribution in [2.45, 2.75) is 32.8 Å². The molecule has 0 radical (unpaired) electrons. The minimum Gasteiger partial charge on any atom is -0.465 e. The topological polar surface area (TPSA) is 75.6 Å². The first kappa shape index (κ1) is 15.2. The van der Waals surface area contributed by atoms with Crippen LogP contribution in [0.2, 0.25) is 0 Å². The van der Waals surface area contributed by atoms with E-state index in [1.807, 2.05) is 0 Å². The van der Waals surface area contributed by atoms with Crippen LogP contribution in [-0.4, -0.2) is 30.2 Å². The van der Waals surface area contributed by atoms with Crippen molar-refractivity contribution in [2.75, 3.05) is 12.4 Å². The first-order valence-corrected chi connectivity index (χ1v) is 6.11. The lowest BCUT2D eigenvalue weighted by Gasteiger charge is -2.11. The molecule has 0 aliphatic heterocycles. The zero-order chi connectivity index (χ0) is 14.4. The fourth-order valence-corrected chi connectivity index (χ4v) is 1.65. The summed E-state index contributed by atoms with van der Waals surface area (Å²) in [6, 6.07) is 5.05. The van der Waals surface area contributed by atoms with Gasteiger partial charge in [0.2, 0.25) is 5.91 Å². The number of rotatable bonds is 5. The number of carbonyl (C=O) groups excluding carboxylic acids is 2. The normalized spacial score (nSPS) is 11.8. The maximum atomic E-state index is 11.7. The average Bonchev–Trinajstić information content (AvgIpc) is 2.38. The van der Waals surface area contributed by atoms with Crippen LogP contribution in [0, 0.1) is 6.92 Å². The van der Waals surface area contributed by atoms with Crippen LogP contribution in [0.1, 0.15) is 35.7 Å². The number of aliphatic hydroxyl groups is 1. The molecule has 5 heteroatoms. The number of carbonyl (C=O) groups is 2. The van der Waals surface area contributed by atoms with E-state index in [1.54, 1.807) is 32.0 Å². The molecule has 1 amide bonds. The molecule has 0 aromatic heterocycles. The van der Waals surface area contributed by atoms with E-state index >= 15 is 0 Å². The number of amides is 1. The van der Waals surface area contributed by atoms with Crippen molar-refractivity contribution in [3.8, 4) is 0 Å². The van der Waals surface area contributed by atoms with E-state index in [-0.39, 0.29) is 12.3 Å². The van der Waals surface area contributed by atoms with Gasteiger partial charge in [-0.25, -0.2) is 4.79 Å². The molecule has 5 nitrogen and oxygen atoms in total. The highest BCUT2D eigenvalue weighted by Gasteiger charge is 2.13. The summed E-state index contributed by atoms with van der Waals surface area (Å²) in [4.78, 5) is 23.2. The molecule has 1 unspecified atom stereocenters. The molecule has 0 aliphatic rings. The Labute approximate surface area is 112 Å². The second kappa shape index (κ2) is 6.89. The lowest BCUT2D eigenvalue weighted by molar-refractivity contribution is -0.116. The van der Waals surface area contributed by atoms with Gasteiger partial charge in [0.1, 0.15) is 0 Å². The molecule has 2 N–H and O–H groups in total. The fraction of sp³-hybridized carbons (Fsp3) is 0.429. The van der Waals surface area contributed by atoms with Crippen molar-refractivity contribution in [3.63, 3.8) is 0 Å². The molecular formula is C14H19NO4. The Morgan fingerprint density at radius 3 is 2.68 bits per heavy atom. The average molecular weight is 265 g/mol. The van der Waals surface area contributed by atoms with Crippen LogP contribution in [-0.2, 0) is 9.53 Å². The zero-order valence-electron chi connectivity index (χ0n) is 11.4. The van der Waals surface area contributed by atoms with E-state index in [0.29, 0.717) is 23.2 Å². The predicted octanol–water partition coefficient (Wildman–Crippen LogP) is 1.88. The summed E-state index contributed by atoms with van der Waals surface area (Å²) in [7, 11) is 1.32. The maximum Gasteiger partial charge on any atom is 0.338 e. The Morgan fingerprint density at radius 1 is 1.42 bits per heavy atom. The van der Waals surface area contributed by atoms with Gasteiger partial charge >= 0.3 is 5.97 Å². The number of esters is 1. The van der Waals surface area contributed by atoms with Gasteiger partial charge in [0.25, 0.3) is 0 Å². The number of aliphatic hydroxyl groups excluding tert-OH is 1. The molecule has 1 atom stereocenters. The minimum absolute atomic E-state index is 0.189. The molecule has 0 saturated carbocycles. The molecule has 1 aromatic carbocycles. The van der Waals surface area contributed by atoms with Crippen LogP contribution in [0.4, 0.5) is 5.69 Å². The fourth-order valence-electron chi connectivity index (χ4n) is 1.65. The Morgan fingerprint density at radius 2 is 2.11 bits per heavy atom. The second-order valence-electron chi connectivity index (χ2n) is 4.41. The first-order valence-electron chi connectivity index (χ1n) is 6.11. The SMILES string of the molecule is COC(=O)c1cccc(NC(=O)CCC(C)O)c1C. The number of hydrogen-bond acceptors (Lipinski definition) is 4. The summed E-state index contributed by atoms with van der Waals surface area (Å²) in [6.07, 6.45) is 0.134. The van der Waals surface area contributed by atoms with Crippen LogP contribution >= 0.6 is 0 Å². The molecule has 0 aliphatic carbocycles. The van der Waals surface area contributed by atoms with Gasteiger partial charge in [0, 0.05) is 12.1 Å². The standard InChI is InChI=1S/C14H19NO4/c1-9(16)7-8-13(17)15-12-6-4-5-11(10(12)2)14(18)19-3/h4-6,9,16H,7-8H2,1-3H3,(H,15,17). The molecule has 1 aromatic rings. The van der Waals surface area contributed by atoms with Gasteiger partial charge in [-0.05, 0) is 38.0 Å². The summed E-state index contributed by atoms with van der Waals surface area (Å²) in [5.74, 6) is -0.622. The molecule has 1 rings (SSSR count). The molecule has 19 heavy (non-hydrogen) atoms. The second-order valence-corrected chi connectivity index (χ2v) is 4.41. The highest BCUT2D eigenvalue weighted by Crippen LogP contribution is 2.20. The van der Waals surface area contributed by atoms with Crippen molar-refractivity contribution < 1.29 is 19.4 Å². The number of ether oxygens (including phenoxy) is 1. The molecule has 0 bridgehead atoms. The Bertz CT molecular complexity index is 469. The molecule has 0 fully saturated rings. The zero-order valence-corrected chi connectivity index (χ0v) is 11.4. The van der Waals surface area contributed by atoms with Gasteiger partial charge in [-0.15, -0.1) is 0 Å². The Balaban J connectivity index is 2.79. The van der Waals surface area contributed by atoms with Crippen LogP contribution in [0.3, 0.4) is 0 Å². The minimum atomic E-state index is -0.506. The number of methoxy groups -OCH3 is 1. The number of anilines is 1. The van der Waals surface area contributed by atoms with E-state index < -0.39 is 12.1 Å². The Hall–Kier alpha value is -1.88. The van der Waals surface area contributed by atoms with Crippen molar-refractivity contribution in [1.82, 2.24) is 0 Å². The maximum absolute atomic E-state index is 11.7. The van der Waals surface area contributed by atoms with Crippen LogP contribution < -0.4 is 5.32 Å².